The van der Waals surface area contributed by atoms with Gasteiger partial charge in [-0.3, -0.25) is 9.59 Å². The molecule has 1 atom stereocenters. The average molecular weight is 405 g/mol. The van der Waals surface area contributed by atoms with Crippen LogP contribution in [0.3, 0.4) is 0 Å². The second kappa shape index (κ2) is 8.14. The monoisotopic (exact) mass is 405 g/mol. The van der Waals surface area contributed by atoms with Crippen molar-refractivity contribution in [3.05, 3.63) is 41.7 Å². The molecule has 150 valence electrons. The Morgan fingerprint density at radius 3 is 2.61 bits per heavy atom. The van der Waals surface area contributed by atoms with E-state index in [4.69, 9.17) is 4.52 Å². The molecule has 28 heavy (non-hydrogen) atoms. The van der Waals surface area contributed by atoms with Crippen molar-refractivity contribution in [2.24, 2.45) is 0 Å². The molecule has 1 aliphatic rings. The molecular formula is C19H23N3O5S. The van der Waals surface area contributed by atoms with Gasteiger partial charge in [0, 0.05) is 18.2 Å². The Hall–Kier alpha value is -2.68. The summed E-state index contributed by atoms with van der Waals surface area (Å²) in [4.78, 5) is 26.8. The van der Waals surface area contributed by atoms with Crippen LogP contribution in [0.5, 0.6) is 0 Å². The lowest BCUT2D eigenvalue weighted by molar-refractivity contribution is -0.122. The lowest BCUT2D eigenvalue weighted by Crippen LogP contribution is -2.44. The Bertz CT molecular complexity index is 969. The highest BCUT2D eigenvalue weighted by atomic mass is 32.2. The summed E-state index contributed by atoms with van der Waals surface area (Å²) in [5.41, 5.74) is 1.51. The number of carbonyl (C=O) groups is 2. The molecule has 0 radical (unpaired) electrons. The van der Waals surface area contributed by atoms with Crippen molar-refractivity contribution in [3.8, 4) is 11.3 Å². The molecule has 1 saturated heterocycles. The smallest absolute Gasteiger partial charge is 0.260 e. The number of aryl methyl sites for hydroxylation is 1. The Morgan fingerprint density at radius 1 is 1.29 bits per heavy atom. The van der Waals surface area contributed by atoms with Gasteiger partial charge in [-0.05, 0) is 20.3 Å². The molecule has 1 aromatic carbocycles. The topological polar surface area (TPSA) is 110 Å². The first kappa shape index (κ1) is 20.1. The van der Waals surface area contributed by atoms with Gasteiger partial charge in [0.15, 0.2) is 9.84 Å². The van der Waals surface area contributed by atoms with Crippen LogP contribution in [0, 0.1) is 6.92 Å². The molecule has 0 aliphatic carbocycles. The van der Waals surface area contributed by atoms with Gasteiger partial charge in [-0.25, -0.2) is 8.42 Å². The van der Waals surface area contributed by atoms with Gasteiger partial charge in [0.2, 0.25) is 5.91 Å². The molecule has 2 aromatic rings. The number of amides is 2. The van der Waals surface area contributed by atoms with Crippen LogP contribution in [0.15, 0.2) is 34.9 Å². The summed E-state index contributed by atoms with van der Waals surface area (Å²) in [5, 5.41) is 6.72. The first-order valence-corrected chi connectivity index (χ1v) is 10.9. The number of sulfone groups is 1. The first-order chi connectivity index (χ1) is 13.3. The Kier molecular flexibility index (Phi) is 5.83. The number of carbonyl (C=O) groups excluding carboxylic acids is 2. The van der Waals surface area contributed by atoms with Crippen molar-refractivity contribution in [1.82, 2.24) is 15.4 Å². The van der Waals surface area contributed by atoms with E-state index in [0.29, 0.717) is 30.0 Å². The lowest BCUT2D eigenvalue weighted by atomic mass is 10.1. The van der Waals surface area contributed by atoms with E-state index < -0.39 is 15.9 Å². The van der Waals surface area contributed by atoms with Crippen LogP contribution < -0.4 is 5.32 Å². The SMILES string of the molecule is CCN(CC(=O)N[C@@H]1CCS(=O)(=O)C1)C(=O)c1c(-c2ccccc2)noc1C. The van der Waals surface area contributed by atoms with E-state index in [1.54, 1.807) is 13.8 Å². The fraction of sp³-hybridized carbons (Fsp3) is 0.421. The van der Waals surface area contributed by atoms with Gasteiger partial charge >= 0.3 is 0 Å². The Morgan fingerprint density at radius 2 is 2.00 bits per heavy atom. The zero-order chi connectivity index (χ0) is 20.3. The van der Waals surface area contributed by atoms with E-state index in [1.807, 2.05) is 30.3 Å². The van der Waals surface area contributed by atoms with E-state index in [9.17, 15) is 18.0 Å². The molecule has 2 heterocycles. The van der Waals surface area contributed by atoms with Crippen molar-refractivity contribution in [3.63, 3.8) is 0 Å². The summed E-state index contributed by atoms with van der Waals surface area (Å²) < 4.78 is 28.3. The fourth-order valence-corrected chi connectivity index (χ4v) is 4.93. The highest BCUT2D eigenvalue weighted by molar-refractivity contribution is 7.91. The maximum atomic E-state index is 13.1. The van der Waals surface area contributed by atoms with Gasteiger partial charge in [0.1, 0.15) is 17.0 Å². The first-order valence-electron chi connectivity index (χ1n) is 9.11. The third-order valence-electron chi connectivity index (χ3n) is 4.72. The molecule has 0 bridgehead atoms. The number of benzene rings is 1. The van der Waals surface area contributed by atoms with E-state index in [-0.39, 0.29) is 29.9 Å². The second-order valence-corrected chi connectivity index (χ2v) is 9.04. The van der Waals surface area contributed by atoms with Crippen LogP contribution >= 0.6 is 0 Å². The predicted molar refractivity (Wildman–Crippen MR) is 103 cm³/mol. The number of nitrogens with one attached hydrogen (secondary N) is 1. The van der Waals surface area contributed by atoms with E-state index in [1.165, 1.54) is 4.90 Å². The molecule has 2 amide bonds. The van der Waals surface area contributed by atoms with Crippen LogP contribution in [0.2, 0.25) is 0 Å². The summed E-state index contributed by atoms with van der Waals surface area (Å²) >= 11 is 0. The molecule has 0 saturated carbocycles. The van der Waals surface area contributed by atoms with Gasteiger partial charge in [0.05, 0.1) is 18.1 Å². The van der Waals surface area contributed by atoms with Gasteiger partial charge in [0.25, 0.3) is 5.91 Å². The standard InChI is InChI=1S/C19H23N3O5S/c1-3-22(11-16(23)20-15-9-10-28(25,26)12-15)19(24)17-13(2)27-21-18(17)14-7-5-4-6-8-14/h4-8,15H,3,9-12H2,1-2H3,(H,20,23)/t15-/m1/s1. The maximum Gasteiger partial charge on any atom is 0.260 e. The average Bonchev–Trinajstić information content (AvgIpc) is 3.21. The molecule has 1 aromatic heterocycles. The van der Waals surface area contributed by atoms with Crippen LogP contribution in [-0.4, -0.2) is 60.9 Å². The Labute approximate surface area is 163 Å². The third-order valence-corrected chi connectivity index (χ3v) is 6.49. The van der Waals surface area contributed by atoms with Gasteiger partial charge in [-0.2, -0.15) is 0 Å². The second-order valence-electron chi connectivity index (χ2n) is 6.82. The molecule has 9 heteroatoms. The maximum absolute atomic E-state index is 13.1. The zero-order valence-corrected chi connectivity index (χ0v) is 16.7. The minimum atomic E-state index is -3.08. The summed E-state index contributed by atoms with van der Waals surface area (Å²) in [5.74, 6) is -0.331. The predicted octanol–water partition coefficient (Wildman–Crippen LogP) is 1.42. The van der Waals surface area contributed by atoms with E-state index >= 15 is 0 Å². The lowest BCUT2D eigenvalue weighted by Gasteiger charge is -2.21. The molecule has 1 fully saturated rings. The van der Waals surface area contributed by atoms with Crippen molar-refractivity contribution < 1.29 is 22.5 Å². The van der Waals surface area contributed by atoms with Gasteiger partial charge in [-0.15, -0.1) is 0 Å². The van der Waals surface area contributed by atoms with Crippen LogP contribution in [0.1, 0.15) is 29.5 Å². The number of hydrogen-bond acceptors (Lipinski definition) is 6. The number of hydrogen-bond donors (Lipinski definition) is 1. The molecular weight excluding hydrogens is 382 g/mol. The van der Waals surface area contributed by atoms with E-state index in [2.05, 4.69) is 10.5 Å². The normalized spacial score (nSPS) is 18.0. The fourth-order valence-electron chi connectivity index (χ4n) is 3.26. The number of aromatic nitrogens is 1. The summed E-state index contributed by atoms with van der Waals surface area (Å²) in [6, 6.07) is 8.81. The molecule has 0 unspecified atom stereocenters. The summed E-state index contributed by atoms with van der Waals surface area (Å²) in [6.45, 7) is 3.58. The zero-order valence-electron chi connectivity index (χ0n) is 15.8. The molecule has 1 aliphatic heterocycles. The number of nitrogens with zero attached hydrogens (tertiary/aromatic N) is 2. The summed E-state index contributed by atoms with van der Waals surface area (Å²) in [6.07, 6.45) is 0.400. The summed E-state index contributed by atoms with van der Waals surface area (Å²) in [7, 11) is -3.08. The van der Waals surface area contributed by atoms with Crippen LogP contribution in [-0.2, 0) is 14.6 Å². The minimum absolute atomic E-state index is 0.0538. The molecule has 0 spiro atoms. The number of likely N-dealkylation sites (N-methyl/N-ethyl adjacent to an activating group) is 1. The van der Waals surface area contributed by atoms with Crippen molar-refractivity contribution in [2.45, 2.75) is 26.3 Å². The van der Waals surface area contributed by atoms with Crippen molar-refractivity contribution >= 4 is 21.7 Å². The van der Waals surface area contributed by atoms with E-state index in [0.717, 1.165) is 5.56 Å². The molecule has 3 rings (SSSR count). The van der Waals surface area contributed by atoms with Crippen LogP contribution in [0.4, 0.5) is 0 Å². The van der Waals surface area contributed by atoms with Gasteiger partial charge < -0.3 is 14.7 Å². The van der Waals surface area contributed by atoms with Crippen LogP contribution in [0.25, 0.3) is 11.3 Å². The van der Waals surface area contributed by atoms with Crippen molar-refractivity contribution in [1.29, 1.82) is 0 Å². The minimum Gasteiger partial charge on any atom is -0.360 e. The Balaban J connectivity index is 1.74. The highest BCUT2D eigenvalue weighted by Crippen LogP contribution is 2.26. The highest BCUT2D eigenvalue weighted by Gasteiger charge is 2.30. The largest absolute Gasteiger partial charge is 0.360 e. The van der Waals surface area contributed by atoms with Gasteiger partial charge in [-0.1, -0.05) is 35.5 Å². The van der Waals surface area contributed by atoms with Crippen molar-refractivity contribution in [2.75, 3.05) is 24.6 Å². The quantitative estimate of drug-likeness (QED) is 0.778. The number of rotatable bonds is 6. The third kappa shape index (κ3) is 4.41. The molecule has 8 nitrogen and oxygen atoms in total. The molecule has 1 N–H and O–H groups in total.